The second kappa shape index (κ2) is 9.98. The number of hydrogen-bond donors (Lipinski definition) is 2. The summed E-state index contributed by atoms with van der Waals surface area (Å²) < 4.78 is 41.3. The van der Waals surface area contributed by atoms with E-state index in [4.69, 9.17) is 28.0 Å². The number of aromatic nitrogens is 2. The first-order valence-electron chi connectivity index (χ1n) is 11.3. The van der Waals surface area contributed by atoms with Crippen LogP contribution in [0, 0.1) is 0 Å². The lowest BCUT2D eigenvalue weighted by molar-refractivity contribution is -0.203. The molecule has 0 bridgehead atoms. The number of nitrogens with one attached hydrogen (secondary N) is 2. The number of benzene rings is 2. The summed E-state index contributed by atoms with van der Waals surface area (Å²) in [5, 5.41) is 4.16. The molecule has 1 saturated heterocycles. The van der Waals surface area contributed by atoms with Crippen molar-refractivity contribution in [3.05, 3.63) is 79.4 Å². The monoisotopic (exact) mass is 570 g/mol. The molecule has 3 aromatic rings. The van der Waals surface area contributed by atoms with Crippen molar-refractivity contribution in [2.45, 2.75) is 12.5 Å². The zero-order valence-corrected chi connectivity index (χ0v) is 20.8. The van der Waals surface area contributed by atoms with E-state index in [-0.39, 0.29) is 27.1 Å². The molecule has 2 aliphatic rings. The molecular formula is C23H19Cl2F3N6O4. The van der Waals surface area contributed by atoms with Crippen molar-refractivity contribution >= 4 is 46.4 Å². The number of anilines is 3. The first kappa shape index (κ1) is 26.1. The largest absolute Gasteiger partial charge is 0.493 e. The second-order valence-corrected chi connectivity index (χ2v) is 9.25. The van der Waals surface area contributed by atoms with Crippen molar-refractivity contribution < 1.29 is 22.8 Å². The Balaban J connectivity index is 1.84. The van der Waals surface area contributed by atoms with E-state index < -0.39 is 35.5 Å². The van der Waals surface area contributed by atoms with Gasteiger partial charge in [-0.15, -0.1) is 5.06 Å². The minimum atomic E-state index is -5.37. The Kier molecular flexibility index (Phi) is 6.86. The number of hydroxylamine groups is 1. The van der Waals surface area contributed by atoms with E-state index in [1.165, 1.54) is 35.2 Å². The van der Waals surface area contributed by atoms with Crippen LogP contribution in [0.5, 0.6) is 0 Å². The molecule has 2 aromatic carbocycles. The zero-order valence-electron chi connectivity index (χ0n) is 19.3. The maximum absolute atomic E-state index is 13.5. The Morgan fingerprint density at radius 1 is 1.03 bits per heavy atom. The summed E-state index contributed by atoms with van der Waals surface area (Å²) in [5.41, 5.74) is -1.80. The van der Waals surface area contributed by atoms with Crippen molar-refractivity contribution in [3.63, 3.8) is 0 Å². The van der Waals surface area contributed by atoms with Crippen molar-refractivity contribution in [1.82, 2.24) is 19.8 Å². The van der Waals surface area contributed by atoms with E-state index in [0.29, 0.717) is 31.2 Å². The fourth-order valence-electron chi connectivity index (χ4n) is 4.47. The van der Waals surface area contributed by atoms with E-state index in [1.807, 2.05) is 0 Å². The van der Waals surface area contributed by atoms with E-state index in [9.17, 15) is 27.6 Å². The van der Waals surface area contributed by atoms with E-state index >= 15 is 0 Å². The molecule has 2 N–H and O–H groups in total. The minimum Gasteiger partial charge on any atom is -0.327 e. The molecule has 0 spiro atoms. The van der Waals surface area contributed by atoms with Gasteiger partial charge in [0.1, 0.15) is 0 Å². The first-order chi connectivity index (χ1) is 18.1. The van der Waals surface area contributed by atoms with Gasteiger partial charge < -0.3 is 10.2 Å². The van der Waals surface area contributed by atoms with Crippen LogP contribution < -0.4 is 26.5 Å². The molecule has 0 saturated carbocycles. The fraction of sp³-hybridized carbons (Fsp3) is 0.261. The second-order valence-electron chi connectivity index (χ2n) is 8.40. The number of nitrogens with zero attached hydrogens (tertiary/aromatic N) is 4. The predicted octanol–water partition coefficient (Wildman–Crippen LogP) is 3.00. The average Bonchev–Trinajstić information content (AvgIpc) is 3.19. The summed E-state index contributed by atoms with van der Waals surface area (Å²) in [6, 6.07) is 12.3. The van der Waals surface area contributed by atoms with Crippen LogP contribution in [0.2, 0.25) is 10.0 Å². The quantitative estimate of drug-likeness (QED) is 0.493. The van der Waals surface area contributed by atoms with Crippen LogP contribution in [0.4, 0.5) is 30.4 Å². The third-order valence-corrected chi connectivity index (χ3v) is 6.58. The number of aromatic amines is 1. The summed E-state index contributed by atoms with van der Waals surface area (Å²) in [5.74, 6) is -2.93. The maximum atomic E-state index is 13.5. The summed E-state index contributed by atoms with van der Waals surface area (Å²) >= 11 is 12.6. The highest BCUT2D eigenvalue weighted by molar-refractivity contribution is 6.33. The molecule has 0 amide bonds. The third-order valence-electron chi connectivity index (χ3n) is 6.02. The lowest BCUT2D eigenvalue weighted by atomic mass is 10.2. The third kappa shape index (κ3) is 4.62. The Morgan fingerprint density at radius 2 is 1.74 bits per heavy atom. The molecule has 200 valence electrons. The number of piperazine rings is 1. The first-order valence-corrected chi connectivity index (χ1v) is 12.1. The highest BCUT2D eigenvalue weighted by Crippen LogP contribution is 2.45. The smallest absolute Gasteiger partial charge is 0.327 e. The lowest BCUT2D eigenvalue weighted by Gasteiger charge is -2.41. The number of alkyl halides is 3. The maximum Gasteiger partial charge on any atom is 0.493 e. The molecule has 0 radical (unpaired) electrons. The van der Waals surface area contributed by atoms with Crippen LogP contribution in [0.15, 0.2) is 58.1 Å². The molecule has 38 heavy (non-hydrogen) atoms. The fourth-order valence-corrected chi connectivity index (χ4v) is 4.88. The standard InChI is InChI=1S/C23H19Cl2F3N6O4/c24-13-4-3-5-14(12-13)32-19-17(18(35)30-21(32)37)33(16-7-2-1-6-15(16)25)22(31-10-8-29-9-11-31)34(19)38-20(36)23(26,27)28/h1-7,12,22,29H,8-11H2,(H,30,35,37). The molecule has 1 atom stereocenters. The number of halogens is 5. The highest BCUT2D eigenvalue weighted by atomic mass is 35.5. The van der Waals surface area contributed by atoms with Crippen LogP contribution in [0.1, 0.15) is 0 Å². The van der Waals surface area contributed by atoms with Crippen molar-refractivity contribution in [1.29, 1.82) is 0 Å². The Bertz CT molecular complexity index is 1510. The van der Waals surface area contributed by atoms with Gasteiger partial charge in [0, 0.05) is 31.2 Å². The zero-order chi connectivity index (χ0) is 27.2. The summed E-state index contributed by atoms with van der Waals surface area (Å²) in [6.45, 7) is 1.53. The van der Waals surface area contributed by atoms with Gasteiger partial charge in [0.2, 0.25) is 6.29 Å². The van der Waals surface area contributed by atoms with Gasteiger partial charge in [-0.25, -0.2) is 14.2 Å². The SMILES string of the molecule is O=C(ON1c2c(c(=O)[nH]c(=O)n2-c2cccc(Cl)c2)N(c2ccccc2Cl)C1N1CCNCC1)C(F)(F)F. The van der Waals surface area contributed by atoms with Gasteiger partial charge in [0.25, 0.3) is 5.56 Å². The van der Waals surface area contributed by atoms with Crippen LogP contribution >= 0.6 is 23.2 Å². The van der Waals surface area contributed by atoms with Gasteiger partial charge in [0.05, 0.1) is 16.4 Å². The number of para-hydroxylation sites is 1. The molecule has 0 aliphatic carbocycles. The van der Waals surface area contributed by atoms with Gasteiger partial charge >= 0.3 is 17.8 Å². The molecule has 3 heterocycles. The Hall–Kier alpha value is -3.52. The number of fused-ring (bicyclic) bond motifs is 1. The predicted molar refractivity (Wildman–Crippen MR) is 134 cm³/mol. The van der Waals surface area contributed by atoms with Crippen LogP contribution in [-0.2, 0) is 9.63 Å². The van der Waals surface area contributed by atoms with Gasteiger partial charge in [-0.2, -0.15) is 13.2 Å². The average molecular weight is 571 g/mol. The van der Waals surface area contributed by atoms with Gasteiger partial charge in [0.15, 0.2) is 11.5 Å². The van der Waals surface area contributed by atoms with E-state index in [2.05, 4.69) is 10.3 Å². The molecular weight excluding hydrogens is 552 g/mol. The van der Waals surface area contributed by atoms with E-state index in [0.717, 1.165) is 4.57 Å². The molecule has 1 fully saturated rings. The molecule has 1 unspecified atom stereocenters. The normalized spacial score (nSPS) is 18.0. The van der Waals surface area contributed by atoms with Crippen molar-refractivity contribution in [3.8, 4) is 5.69 Å². The topological polar surface area (TPSA) is 103 Å². The van der Waals surface area contributed by atoms with Crippen LogP contribution in [0.3, 0.4) is 0 Å². The Morgan fingerprint density at radius 3 is 2.39 bits per heavy atom. The van der Waals surface area contributed by atoms with Gasteiger partial charge in [-0.1, -0.05) is 41.4 Å². The highest BCUT2D eigenvalue weighted by Gasteiger charge is 2.51. The number of hydrogen-bond acceptors (Lipinski definition) is 8. The number of H-pyrrole nitrogens is 1. The molecule has 1 aromatic heterocycles. The number of carbonyl (C=O) groups is 1. The minimum absolute atomic E-state index is 0.114. The Labute approximate surface area is 222 Å². The van der Waals surface area contributed by atoms with Crippen LogP contribution in [0.25, 0.3) is 5.69 Å². The molecule has 10 nitrogen and oxygen atoms in total. The summed E-state index contributed by atoms with van der Waals surface area (Å²) in [4.78, 5) is 48.9. The molecule has 5 rings (SSSR count). The number of rotatable bonds is 4. The van der Waals surface area contributed by atoms with Crippen molar-refractivity contribution in [2.75, 3.05) is 36.1 Å². The van der Waals surface area contributed by atoms with Gasteiger partial charge in [-0.05, 0) is 30.3 Å². The van der Waals surface area contributed by atoms with Crippen LogP contribution in [-0.4, -0.2) is 59.1 Å². The molecule has 2 aliphatic heterocycles. The summed E-state index contributed by atoms with van der Waals surface area (Å²) in [6.07, 6.45) is -6.67. The number of carbonyl (C=O) groups excluding carboxylic acids is 1. The molecule has 15 heteroatoms. The van der Waals surface area contributed by atoms with Gasteiger partial charge in [-0.3, -0.25) is 19.6 Å². The lowest BCUT2D eigenvalue weighted by Crippen LogP contribution is -2.60. The summed E-state index contributed by atoms with van der Waals surface area (Å²) in [7, 11) is 0. The van der Waals surface area contributed by atoms with E-state index in [1.54, 1.807) is 23.1 Å². The van der Waals surface area contributed by atoms with Crippen molar-refractivity contribution in [2.24, 2.45) is 0 Å².